The Morgan fingerprint density at radius 2 is 2.17 bits per heavy atom. The predicted octanol–water partition coefficient (Wildman–Crippen LogP) is 3.46. The standard InChI is InChI=1S/C18H16FN3O/c1-11-17-14(13-4-2-3-5-15(13)21-17)7-9-22(11)18(23)12-6-8-20-16(19)10-12/h2-6,8,10-11,21H,7,9H2,1H3/t11-/m1/s1. The van der Waals surface area contributed by atoms with Crippen molar-refractivity contribution in [3.8, 4) is 0 Å². The number of benzene rings is 1. The Kier molecular flexibility index (Phi) is 3.15. The third kappa shape index (κ3) is 2.20. The van der Waals surface area contributed by atoms with Crippen LogP contribution in [0.3, 0.4) is 0 Å². The van der Waals surface area contributed by atoms with E-state index in [9.17, 15) is 9.18 Å². The van der Waals surface area contributed by atoms with Crippen molar-refractivity contribution in [1.29, 1.82) is 0 Å². The summed E-state index contributed by atoms with van der Waals surface area (Å²) < 4.78 is 13.3. The second-order valence-electron chi connectivity index (χ2n) is 5.85. The molecule has 0 unspecified atom stereocenters. The number of hydrogen-bond donors (Lipinski definition) is 1. The van der Waals surface area contributed by atoms with Crippen LogP contribution in [0, 0.1) is 5.95 Å². The molecule has 0 spiro atoms. The molecule has 0 radical (unpaired) electrons. The van der Waals surface area contributed by atoms with Gasteiger partial charge in [0, 0.05) is 41.0 Å². The summed E-state index contributed by atoms with van der Waals surface area (Å²) in [5, 5.41) is 1.22. The average molecular weight is 309 g/mol. The highest BCUT2D eigenvalue weighted by atomic mass is 19.1. The lowest BCUT2D eigenvalue weighted by atomic mass is 9.97. The summed E-state index contributed by atoms with van der Waals surface area (Å²) in [6.45, 7) is 2.63. The van der Waals surface area contributed by atoms with E-state index in [1.807, 2.05) is 25.1 Å². The Hall–Kier alpha value is -2.69. The smallest absolute Gasteiger partial charge is 0.254 e. The number of pyridine rings is 1. The molecule has 4 rings (SSSR count). The van der Waals surface area contributed by atoms with E-state index in [-0.39, 0.29) is 11.9 Å². The molecule has 1 aliphatic heterocycles. The molecule has 1 atom stereocenters. The Balaban J connectivity index is 1.72. The van der Waals surface area contributed by atoms with Gasteiger partial charge in [0.25, 0.3) is 5.91 Å². The van der Waals surface area contributed by atoms with E-state index in [0.717, 1.165) is 17.6 Å². The normalized spacial score (nSPS) is 17.3. The SMILES string of the molecule is C[C@@H]1c2[nH]c3ccccc3c2CCN1C(=O)c1ccnc(F)c1. The third-order valence-corrected chi connectivity index (χ3v) is 4.57. The quantitative estimate of drug-likeness (QED) is 0.700. The zero-order valence-corrected chi connectivity index (χ0v) is 12.7. The number of aromatic nitrogens is 2. The van der Waals surface area contributed by atoms with Gasteiger partial charge in [0.15, 0.2) is 0 Å². The second-order valence-corrected chi connectivity index (χ2v) is 5.85. The zero-order chi connectivity index (χ0) is 16.0. The van der Waals surface area contributed by atoms with Gasteiger partial charge in [-0.05, 0) is 31.0 Å². The van der Waals surface area contributed by atoms with Gasteiger partial charge in [-0.2, -0.15) is 4.39 Å². The van der Waals surface area contributed by atoms with E-state index in [1.165, 1.54) is 23.2 Å². The van der Waals surface area contributed by atoms with Gasteiger partial charge in [0.05, 0.1) is 6.04 Å². The summed E-state index contributed by atoms with van der Waals surface area (Å²) in [5.74, 6) is -0.796. The third-order valence-electron chi connectivity index (χ3n) is 4.57. The molecule has 116 valence electrons. The first-order valence-corrected chi connectivity index (χ1v) is 7.67. The van der Waals surface area contributed by atoms with Gasteiger partial charge in [-0.15, -0.1) is 0 Å². The highest BCUT2D eigenvalue weighted by Crippen LogP contribution is 2.34. The van der Waals surface area contributed by atoms with Gasteiger partial charge >= 0.3 is 0 Å². The van der Waals surface area contributed by atoms with E-state index < -0.39 is 5.95 Å². The molecule has 23 heavy (non-hydrogen) atoms. The lowest BCUT2D eigenvalue weighted by Gasteiger charge is -2.33. The van der Waals surface area contributed by atoms with Crippen molar-refractivity contribution in [3.63, 3.8) is 0 Å². The van der Waals surface area contributed by atoms with Crippen molar-refractivity contribution in [2.45, 2.75) is 19.4 Å². The second kappa shape index (κ2) is 5.19. The summed E-state index contributed by atoms with van der Waals surface area (Å²) in [4.78, 5) is 21.4. The first kappa shape index (κ1) is 13.9. The van der Waals surface area contributed by atoms with Crippen LogP contribution in [0.25, 0.3) is 10.9 Å². The lowest BCUT2D eigenvalue weighted by molar-refractivity contribution is 0.0674. The van der Waals surface area contributed by atoms with Crippen molar-refractivity contribution in [2.75, 3.05) is 6.54 Å². The number of carbonyl (C=O) groups excluding carboxylic acids is 1. The molecule has 0 saturated carbocycles. The highest BCUT2D eigenvalue weighted by molar-refractivity contribution is 5.95. The molecular formula is C18H16FN3O. The van der Waals surface area contributed by atoms with Crippen molar-refractivity contribution in [1.82, 2.24) is 14.9 Å². The van der Waals surface area contributed by atoms with E-state index in [4.69, 9.17) is 0 Å². The molecule has 1 amide bonds. The molecule has 0 fully saturated rings. The van der Waals surface area contributed by atoms with Gasteiger partial charge in [0.2, 0.25) is 5.95 Å². The number of carbonyl (C=O) groups is 1. The molecule has 4 nitrogen and oxygen atoms in total. The Bertz CT molecular complexity index is 902. The number of nitrogens with zero attached hydrogens (tertiary/aromatic N) is 2. The number of aromatic amines is 1. The Morgan fingerprint density at radius 3 is 3.00 bits per heavy atom. The summed E-state index contributed by atoms with van der Waals surface area (Å²) in [6.07, 6.45) is 2.12. The topological polar surface area (TPSA) is 49.0 Å². The van der Waals surface area contributed by atoms with E-state index >= 15 is 0 Å². The summed E-state index contributed by atoms with van der Waals surface area (Å²) in [5.41, 5.74) is 3.77. The van der Waals surface area contributed by atoms with E-state index in [0.29, 0.717) is 12.1 Å². The number of nitrogens with one attached hydrogen (secondary N) is 1. The molecule has 1 N–H and O–H groups in total. The lowest BCUT2D eigenvalue weighted by Crippen LogP contribution is -2.38. The van der Waals surface area contributed by atoms with Crippen molar-refractivity contribution in [3.05, 3.63) is 65.4 Å². The predicted molar refractivity (Wildman–Crippen MR) is 85.6 cm³/mol. The maximum atomic E-state index is 13.3. The number of para-hydroxylation sites is 1. The van der Waals surface area contributed by atoms with Crippen LogP contribution < -0.4 is 0 Å². The molecule has 3 heterocycles. The number of hydrogen-bond acceptors (Lipinski definition) is 2. The fraction of sp³-hybridized carbons (Fsp3) is 0.222. The summed E-state index contributed by atoms with van der Waals surface area (Å²) in [7, 11) is 0. The molecule has 3 aromatic rings. The van der Waals surface area contributed by atoms with Gasteiger partial charge in [-0.25, -0.2) is 4.98 Å². The number of halogens is 1. The number of rotatable bonds is 1. The number of amides is 1. The average Bonchev–Trinajstić information content (AvgIpc) is 2.94. The molecule has 1 aliphatic rings. The summed E-state index contributed by atoms with van der Waals surface area (Å²) in [6, 6.07) is 10.8. The highest BCUT2D eigenvalue weighted by Gasteiger charge is 2.30. The fourth-order valence-corrected chi connectivity index (χ4v) is 3.41. The fourth-order valence-electron chi connectivity index (χ4n) is 3.41. The van der Waals surface area contributed by atoms with Crippen LogP contribution in [0.2, 0.25) is 0 Å². The molecule has 2 aromatic heterocycles. The van der Waals surface area contributed by atoms with Crippen LogP contribution in [0.5, 0.6) is 0 Å². The van der Waals surface area contributed by atoms with Crippen LogP contribution in [0.4, 0.5) is 4.39 Å². The maximum Gasteiger partial charge on any atom is 0.254 e. The molecule has 5 heteroatoms. The largest absolute Gasteiger partial charge is 0.356 e. The minimum Gasteiger partial charge on any atom is -0.356 e. The number of fused-ring (bicyclic) bond motifs is 3. The molecule has 1 aromatic carbocycles. The van der Waals surface area contributed by atoms with Crippen LogP contribution >= 0.6 is 0 Å². The molecule has 0 bridgehead atoms. The van der Waals surface area contributed by atoms with Crippen molar-refractivity contribution < 1.29 is 9.18 Å². The van der Waals surface area contributed by atoms with E-state index in [2.05, 4.69) is 16.0 Å². The first-order valence-electron chi connectivity index (χ1n) is 7.67. The van der Waals surface area contributed by atoms with Crippen LogP contribution in [-0.4, -0.2) is 27.3 Å². The molecule has 0 saturated heterocycles. The van der Waals surface area contributed by atoms with E-state index in [1.54, 1.807) is 11.0 Å². The number of H-pyrrole nitrogens is 1. The van der Waals surface area contributed by atoms with Crippen molar-refractivity contribution in [2.24, 2.45) is 0 Å². The van der Waals surface area contributed by atoms with Gasteiger partial charge < -0.3 is 9.88 Å². The monoisotopic (exact) mass is 309 g/mol. The zero-order valence-electron chi connectivity index (χ0n) is 12.7. The summed E-state index contributed by atoms with van der Waals surface area (Å²) >= 11 is 0. The minimum absolute atomic E-state index is 0.0742. The van der Waals surface area contributed by atoms with Gasteiger partial charge in [-0.3, -0.25) is 4.79 Å². The maximum absolute atomic E-state index is 13.3. The minimum atomic E-state index is -0.633. The van der Waals surface area contributed by atoms with Gasteiger partial charge in [0.1, 0.15) is 0 Å². The molecule has 0 aliphatic carbocycles. The molecular weight excluding hydrogens is 293 g/mol. The van der Waals surface area contributed by atoms with Crippen LogP contribution in [-0.2, 0) is 6.42 Å². The Labute approximate surface area is 133 Å². The van der Waals surface area contributed by atoms with Crippen molar-refractivity contribution >= 4 is 16.8 Å². The van der Waals surface area contributed by atoms with Crippen LogP contribution in [0.15, 0.2) is 42.6 Å². The van der Waals surface area contributed by atoms with Gasteiger partial charge in [-0.1, -0.05) is 18.2 Å². The first-order chi connectivity index (χ1) is 11.1. The Morgan fingerprint density at radius 1 is 1.35 bits per heavy atom. The van der Waals surface area contributed by atoms with Crippen LogP contribution in [0.1, 0.15) is 34.6 Å².